The van der Waals surface area contributed by atoms with Gasteiger partial charge in [0.2, 0.25) is 0 Å². The summed E-state index contributed by atoms with van der Waals surface area (Å²) in [6, 6.07) is 5.89. The van der Waals surface area contributed by atoms with Gasteiger partial charge in [-0.2, -0.15) is 0 Å². The van der Waals surface area contributed by atoms with Crippen LogP contribution >= 0.6 is 0 Å². The molecule has 4 nitrogen and oxygen atoms in total. The van der Waals surface area contributed by atoms with E-state index in [1.54, 1.807) is 12.4 Å². The number of piperidine rings is 4. The summed E-state index contributed by atoms with van der Waals surface area (Å²) in [6.07, 6.45) is 7.90. The summed E-state index contributed by atoms with van der Waals surface area (Å²) >= 11 is 0. The first-order valence-corrected chi connectivity index (χ1v) is 6.80. The third kappa shape index (κ3) is 1.48. The summed E-state index contributed by atoms with van der Waals surface area (Å²) in [6.45, 7) is 0. The Labute approximate surface area is 106 Å². The van der Waals surface area contributed by atoms with Crippen LogP contribution < -0.4 is 5.32 Å². The van der Waals surface area contributed by atoms with Crippen LogP contribution in [0.1, 0.15) is 36.0 Å². The fourth-order valence-corrected chi connectivity index (χ4v) is 4.03. The van der Waals surface area contributed by atoms with E-state index in [1.807, 2.05) is 12.1 Å². The van der Waals surface area contributed by atoms with E-state index >= 15 is 0 Å². The topological polar surface area (TPSA) is 45.2 Å². The number of aromatic nitrogens is 1. The van der Waals surface area contributed by atoms with E-state index in [1.165, 1.54) is 0 Å². The van der Waals surface area contributed by atoms with Crippen LogP contribution in [0.5, 0.6) is 0 Å². The van der Waals surface area contributed by atoms with Crippen molar-refractivity contribution < 1.29 is 4.79 Å². The van der Waals surface area contributed by atoms with Gasteiger partial charge in [-0.25, -0.2) is 0 Å². The summed E-state index contributed by atoms with van der Waals surface area (Å²) in [5.74, 6) is 0.178. The minimum Gasteiger partial charge on any atom is -0.332 e. The molecule has 0 atom stereocenters. The molecule has 4 heteroatoms. The smallest absolute Gasteiger partial charge is 0.255 e. The molecule has 0 radical (unpaired) electrons. The van der Waals surface area contributed by atoms with E-state index in [4.69, 9.17) is 0 Å². The Balaban J connectivity index is 1.64. The maximum absolute atomic E-state index is 12.6. The first-order valence-electron chi connectivity index (χ1n) is 6.80. The van der Waals surface area contributed by atoms with E-state index in [0.29, 0.717) is 24.2 Å². The second-order valence-electron chi connectivity index (χ2n) is 5.77. The molecule has 1 aromatic heterocycles. The van der Waals surface area contributed by atoms with Crippen LogP contribution in [-0.4, -0.2) is 40.0 Å². The molecule has 0 saturated carbocycles. The number of nitrogens with zero attached hydrogens (tertiary/aromatic N) is 2. The zero-order valence-corrected chi connectivity index (χ0v) is 10.2. The Morgan fingerprint density at radius 1 is 1.22 bits per heavy atom. The van der Waals surface area contributed by atoms with Gasteiger partial charge < -0.3 is 10.2 Å². The minimum atomic E-state index is 0.178. The molecule has 0 unspecified atom stereocenters. The standard InChI is InChI=1S/C14H17N3O/c18-14(9-2-1-3-15-8-9)17-12-4-10-5-13(17)7-11(6-12)16-10/h1-3,8,10-13,16H,4-7H2. The highest BCUT2D eigenvalue weighted by Crippen LogP contribution is 2.39. The van der Waals surface area contributed by atoms with Crippen LogP contribution in [0.15, 0.2) is 24.5 Å². The number of hydrogen-bond acceptors (Lipinski definition) is 3. The average molecular weight is 243 g/mol. The zero-order chi connectivity index (χ0) is 12.1. The Morgan fingerprint density at radius 3 is 2.44 bits per heavy atom. The van der Waals surface area contributed by atoms with E-state index in [2.05, 4.69) is 15.2 Å². The Morgan fingerprint density at radius 2 is 1.89 bits per heavy atom. The fourth-order valence-electron chi connectivity index (χ4n) is 4.03. The van der Waals surface area contributed by atoms with Gasteiger partial charge in [0.25, 0.3) is 5.91 Å². The molecule has 18 heavy (non-hydrogen) atoms. The largest absolute Gasteiger partial charge is 0.332 e. The van der Waals surface area contributed by atoms with Gasteiger partial charge in [-0.15, -0.1) is 0 Å². The van der Waals surface area contributed by atoms with Crippen LogP contribution in [0.3, 0.4) is 0 Å². The lowest BCUT2D eigenvalue weighted by Crippen LogP contribution is -2.68. The van der Waals surface area contributed by atoms with Crippen molar-refractivity contribution >= 4 is 5.91 Å². The van der Waals surface area contributed by atoms with Crippen molar-refractivity contribution in [2.75, 3.05) is 0 Å². The molecule has 0 aromatic carbocycles. The van der Waals surface area contributed by atoms with Gasteiger partial charge in [0.15, 0.2) is 0 Å². The lowest BCUT2D eigenvalue weighted by atomic mass is 9.74. The van der Waals surface area contributed by atoms with Gasteiger partial charge >= 0.3 is 0 Å². The highest BCUT2D eigenvalue weighted by molar-refractivity contribution is 5.94. The number of carbonyl (C=O) groups excluding carboxylic acids is 1. The average Bonchev–Trinajstić information content (AvgIpc) is 2.38. The molecule has 5 heterocycles. The molecule has 0 aliphatic carbocycles. The predicted molar refractivity (Wildman–Crippen MR) is 67.2 cm³/mol. The molecule has 1 amide bonds. The van der Waals surface area contributed by atoms with E-state index in [0.717, 1.165) is 31.2 Å². The van der Waals surface area contributed by atoms with Crippen molar-refractivity contribution in [3.05, 3.63) is 30.1 Å². The molecule has 1 N–H and O–H groups in total. The summed E-state index contributed by atoms with van der Waals surface area (Å²) in [5.41, 5.74) is 0.734. The van der Waals surface area contributed by atoms with E-state index in [9.17, 15) is 4.79 Å². The number of pyridine rings is 1. The summed E-state index contributed by atoms with van der Waals surface area (Å²) in [5, 5.41) is 3.66. The first-order chi connectivity index (χ1) is 8.81. The van der Waals surface area contributed by atoms with Crippen molar-refractivity contribution in [2.24, 2.45) is 0 Å². The fraction of sp³-hybridized carbons (Fsp3) is 0.571. The van der Waals surface area contributed by atoms with Crippen LogP contribution in [0.25, 0.3) is 0 Å². The van der Waals surface area contributed by atoms with Gasteiger partial charge in [0.1, 0.15) is 0 Å². The van der Waals surface area contributed by atoms with Gasteiger partial charge in [-0.3, -0.25) is 9.78 Å². The lowest BCUT2D eigenvalue weighted by molar-refractivity contribution is -0.0172. The molecular weight excluding hydrogens is 226 g/mol. The second-order valence-corrected chi connectivity index (χ2v) is 5.77. The third-order valence-corrected chi connectivity index (χ3v) is 4.63. The summed E-state index contributed by atoms with van der Waals surface area (Å²) < 4.78 is 0. The zero-order valence-electron chi connectivity index (χ0n) is 10.2. The van der Waals surface area contributed by atoms with Gasteiger partial charge in [0.05, 0.1) is 5.56 Å². The quantitative estimate of drug-likeness (QED) is 0.806. The van der Waals surface area contributed by atoms with Gasteiger partial charge in [-0.05, 0) is 37.8 Å². The van der Waals surface area contributed by atoms with Crippen molar-refractivity contribution in [3.63, 3.8) is 0 Å². The molecular formula is C14H17N3O. The number of rotatable bonds is 1. The molecule has 0 spiro atoms. The van der Waals surface area contributed by atoms with Crippen molar-refractivity contribution in [2.45, 2.75) is 49.9 Å². The second kappa shape index (κ2) is 3.79. The monoisotopic (exact) mass is 243 g/mol. The van der Waals surface area contributed by atoms with Crippen LogP contribution in [0.4, 0.5) is 0 Å². The molecule has 94 valence electrons. The normalized spacial score (nSPS) is 37.0. The van der Waals surface area contributed by atoms with Crippen molar-refractivity contribution in [3.8, 4) is 0 Å². The number of amides is 1. The maximum atomic E-state index is 12.6. The Bertz CT molecular complexity index is 445. The molecule has 4 fully saturated rings. The number of carbonyl (C=O) groups is 1. The minimum absolute atomic E-state index is 0.178. The van der Waals surface area contributed by atoms with Crippen molar-refractivity contribution in [1.29, 1.82) is 0 Å². The van der Waals surface area contributed by atoms with E-state index < -0.39 is 0 Å². The molecule has 1 aromatic rings. The van der Waals surface area contributed by atoms with Crippen molar-refractivity contribution in [1.82, 2.24) is 15.2 Å². The van der Waals surface area contributed by atoms with Crippen LogP contribution in [0, 0.1) is 0 Å². The predicted octanol–water partition coefficient (Wildman–Crippen LogP) is 1.19. The molecule has 4 aliphatic rings. The van der Waals surface area contributed by atoms with E-state index in [-0.39, 0.29) is 5.91 Å². The van der Waals surface area contributed by atoms with Crippen LogP contribution in [-0.2, 0) is 0 Å². The highest BCUT2D eigenvalue weighted by Gasteiger charge is 2.48. The Hall–Kier alpha value is -1.42. The SMILES string of the molecule is O=C(c1cccnc1)N1C2CC3CC1CC(C2)N3. The maximum Gasteiger partial charge on any atom is 0.255 e. The molecule has 4 bridgehead atoms. The molecule has 5 rings (SSSR count). The van der Waals surface area contributed by atoms with Crippen LogP contribution in [0.2, 0.25) is 0 Å². The summed E-state index contributed by atoms with van der Waals surface area (Å²) in [7, 11) is 0. The number of hydrogen-bond donors (Lipinski definition) is 1. The molecule has 4 saturated heterocycles. The third-order valence-electron chi connectivity index (χ3n) is 4.63. The number of nitrogens with one attached hydrogen (secondary N) is 1. The first kappa shape index (κ1) is 10.5. The summed E-state index contributed by atoms with van der Waals surface area (Å²) in [4.78, 5) is 18.8. The van der Waals surface area contributed by atoms with Gasteiger partial charge in [0, 0.05) is 36.6 Å². The molecule has 4 aliphatic heterocycles. The highest BCUT2D eigenvalue weighted by atomic mass is 16.2. The lowest BCUT2D eigenvalue weighted by Gasteiger charge is -2.56. The van der Waals surface area contributed by atoms with Gasteiger partial charge in [-0.1, -0.05) is 0 Å². The Kier molecular flexibility index (Phi) is 2.21.